The molecular weight excluding hydrogens is 243 g/mol. The number of halogens is 3. The number of alkyl halides is 3. The number of hydrogen-bond donors (Lipinski definition) is 1. The summed E-state index contributed by atoms with van der Waals surface area (Å²) in [4.78, 5) is 33.1. The van der Waals surface area contributed by atoms with Gasteiger partial charge < -0.3 is 5.32 Å². The predicted octanol–water partition coefficient (Wildman–Crippen LogP) is -0.415. The molecule has 0 aromatic carbocycles. The van der Waals surface area contributed by atoms with Gasteiger partial charge in [0.2, 0.25) is 0 Å². The number of carbonyl (C=O) groups excluding carboxylic acids is 1. The van der Waals surface area contributed by atoms with Crippen LogP contribution < -0.4 is 16.6 Å². The Morgan fingerprint density at radius 3 is 2.24 bits per heavy atom. The normalized spacial score (nSPS) is 11.4. The van der Waals surface area contributed by atoms with Crippen molar-refractivity contribution < 1.29 is 18.0 Å². The lowest BCUT2D eigenvalue weighted by molar-refractivity contribution is -0.167. The van der Waals surface area contributed by atoms with Gasteiger partial charge in [0, 0.05) is 20.2 Å². The van der Waals surface area contributed by atoms with Gasteiger partial charge in [-0.05, 0) is 0 Å². The number of nitrogens with one attached hydrogen (secondary N) is 1. The molecule has 94 valence electrons. The molecular formula is C8H8F3N3O3. The van der Waals surface area contributed by atoms with Crippen LogP contribution in [0.3, 0.4) is 0 Å². The van der Waals surface area contributed by atoms with E-state index in [1.54, 1.807) is 0 Å². The van der Waals surface area contributed by atoms with Crippen LogP contribution in [-0.4, -0.2) is 21.2 Å². The second-order valence-corrected chi connectivity index (χ2v) is 3.22. The molecule has 0 aliphatic carbocycles. The van der Waals surface area contributed by atoms with Gasteiger partial charge in [0.25, 0.3) is 5.56 Å². The van der Waals surface area contributed by atoms with Crippen molar-refractivity contribution in [2.24, 2.45) is 14.1 Å². The maximum atomic E-state index is 12.0. The molecule has 0 radical (unpaired) electrons. The summed E-state index contributed by atoms with van der Waals surface area (Å²) in [6, 6.07) is 0.727. The van der Waals surface area contributed by atoms with Gasteiger partial charge in [-0.15, -0.1) is 0 Å². The highest BCUT2D eigenvalue weighted by molar-refractivity contribution is 5.94. The molecule has 1 heterocycles. The first-order valence-corrected chi connectivity index (χ1v) is 4.30. The molecule has 0 saturated carbocycles. The molecule has 0 spiro atoms. The minimum absolute atomic E-state index is 0.513. The van der Waals surface area contributed by atoms with E-state index in [9.17, 15) is 27.6 Å². The zero-order valence-corrected chi connectivity index (χ0v) is 8.83. The summed E-state index contributed by atoms with van der Waals surface area (Å²) >= 11 is 0. The van der Waals surface area contributed by atoms with Crippen molar-refractivity contribution in [3.63, 3.8) is 0 Å². The van der Waals surface area contributed by atoms with Crippen molar-refractivity contribution in [1.82, 2.24) is 9.13 Å². The molecule has 0 bridgehead atoms. The molecule has 0 unspecified atom stereocenters. The largest absolute Gasteiger partial charge is 0.471 e. The molecule has 1 N–H and O–H groups in total. The van der Waals surface area contributed by atoms with Crippen LogP contribution in [0.25, 0.3) is 0 Å². The monoisotopic (exact) mass is 251 g/mol. The van der Waals surface area contributed by atoms with E-state index in [0.717, 1.165) is 17.7 Å². The SMILES string of the molecule is Cn1c(NC(=O)C(F)(F)F)cc(=O)n(C)c1=O. The summed E-state index contributed by atoms with van der Waals surface area (Å²) in [6.07, 6.45) is -5.09. The van der Waals surface area contributed by atoms with Gasteiger partial charge in [-0.25, -0.2) is 4.79 Å². The van der Waals surface area contributed by atoms with Gasteiger partial charge in [-0.1, -0.05) is 0 Å². The molecule has 0 saturated heterocycles. The first kappa shape index (κ1) is 13.0. The minimum atomic E-state index is -5.09. The van der Waals surface area contributed by atoms with Crippen LogP contribution in [0.2, 0.25) is 0 Å². The van der Waals surface area contributed by atoms with E-state index in [1.165, 1.54) is 12.4 Å². The van der Waals surface area contributed by atoms with Gasteiger partial charge in [0.05, 0.1) is 0 Å². The van der Waals surface area contributed by atoms with Crippen LogP contribution in [0.1, 0.15) is 0 Å². The molecule has 0 aliphatic rings. The van der Waals surface area contributed by atoms with Crippen LogP contribution >= 0.6 is 0 Å². The highest BCUT2D eigenvalue weighted by Crippen LogP contribution is 2.16. The molecule has 1 amide bonds. The van der Waals surface area contributed by atoms with E-state index in [1.807, 2.05) is 0 Å². The average molecular weight is 251 g/mol. The molecule has 0 fully saturated rings. The Kier molecular flexibility index (Phi) is 3.12. The smallest absolute Gasteiger partial charge is 0.304 e. The third kappa shape index (κ3) is 2.55. The molecule has 1 rings (SSSR count). The van der Waals surface area contributed by atoms with E-state index in [2.05, 4.69) is 0 Å². The lowest BCUT2D eigenvalue weighted by atomic mass is 10.5. The van der Waals surface area contributed by atoms with Gasteiger partial charge >= 0.3 is 17.8 Å². The first-order chi connectivity index (χ1) is 7.64. The predicted molar refractivity (Wildman–Crippen MR) is 51.6 cm³/mol. The third-order valence-corrected chi connectivity index (χ3v) is 2.03. The Bertz CT molecular complexity index is 570. The van der Waals surface area contributed by atoms with Crippen molar-refractivity contribution in [3.8, 4) is 0 Å². The highest BCUT2D eigenvalue weighted by atomic mass is 19.4. The topological polar surface area (TPSA) is 73.1 Å². The Labute approximate surface area is 92.3 Å². The molecule has 17 heavy (non-hydrogen) atoms. The zero-order chi connectivity index (χ0) is 13.4. The van der Waals surface area contributed by atoms with Crippen molar-refractivity contribution in [1.29, 1.82) is 0 Å². The summed E-state index contributed by atoms with van der Waals surface area (Å²) in [5, 5.41) is 1.44. The Morgan fingerprint density at radius 1 is 1.24 bits per heavy atom. The lowest BCUT2D eigenvalue weighted by Crippen LogP contribution is -2.39. The number of rotatable bonds is 1. The summed E-state index contributed by atoms with van der Waals surface area (Å²) < 4.78 is 37.3. The first-order valence-electron chi connectivity index (χ1n) is 4.30. The standard InChI is InChI=1S/C8H8F3N3O3/c1-13-4(12-6(16)8(9,10)11)3-5(15)14(2)7(13)17/h3H,1-2H3,(H,12,16). The van der Waals surface area contributed by atoms with E-state index in [-0.39, 0.29) is 0 Å². The van der Waals surface area contributed by atoms with E-state index in [0.29, 0.717) is 4.57 Å². The summed E-state index contributed by atoms with van der Waals surface area (Å²) in [5.74, 6) is -2.76. The second kappa shape index (κ2) is 4.07. The average Bonchev–Trinajstić information content (AvgIpc) is 2.21. The Balaban J connectivity index is 3.23. The van der Waals surface area contributed by atoms with Gasteiger partial charge in [0.15, 0.2) is 0 Å². The van der Waals surface area contributed by atoms with Crippen molar-refractivity contribution in [2.75, 3.05) is 5.32 Å². The maximum Gasteiger partial charge on any atom is 0.471 e. The van der Waals surface area contributed by atoms with Crippen LogP contribution in [-0.2, 0) is 18.9 Å². The molecule has 9 heteroatoms. The van der Waals surface area contributed by atoms with Gasteiger partial charge in [0.1, 0.15) is 5.82 Å². The van der Waals surface area contributed by atoms with Gasteiger partial charge in [-0.2, -0.15) is 13.2 Å². The Hall–Kier alpha value is -2.06. The fraction of sp³-hybridized carbons (Fsp3) is 0.375. The molecule has 1 aromatic heterocycles. The Morgan fingerprint density at radius 2 is 1.76 bits per heavy atom. The van der Waals surface area contributed by atoms with Crippen molar-refractivity contribution >= 4 is 11.7 Å². The van der Waals surface area contributed by atoms with E-state index >= 15 is 0 Å². The van der Waals surface area contributed by atoms with Crippen LogP contribution in [0.4, 0.5) is 19.0 Å². The van der Waals surface area contributed by atoms with Gasteiger partial charge in [-0.3, -0.25) is 18.7 Å². The number of hydrogen-bond acceptors (Lipinski definition) is 3. The van der Waals surface area contributed by atoms with Crippen molar-refractivity contribution in [3.05, 3.63) is 26.9 Å². The van der Waals surface area contributed by atoms with E-state index < -0.39 is 29.2 Å². The molecule has 6 nitrogen and oxygen atoms in total. The highest BCUT2D eigenvalue weighted by Gasteiger charge is 2.39. The summed E-state index contributed by atoms with van der Waals surface area (Å²) in [5.41, 5.74) is -1.65. The molecule has 0 aliphatic heterocycles. The maximum absolute atomic E-state index is 12.0. The summed E-state index contributed by atoms with van der Waals surface area (Å²) in [6.45, 7) is 0. The lowest BCUT2D eigenvalue weighted by Gasteiger charge is -2.11. The number of carbonyl (C=O) groups is 1. The molecule has 1 aromatic rings. The molecule has 0 atom stereocenters. The fourth-order valence-electron chi connectivity index (χ4n) is 1.04. The van der Waals surface area contributed by atoms with Crippen LogP contribution in [0.15, 0.2) is 15.7 Å². The third-order valence-electron chi connectivity index (χ3n) is 2.03. The minimum Gasteiger partial charge on any atom is -0.304 e. The summed E-state index contributed by atoms with van der Waals surface area (Å²) in [7, 11) is 2.30. The van der Waals surface area contributed by atoms with Crippen LogP contribution in [0, 0.1) is 0 Å². The van der Waals surface area contributed by atoms with Crippen molar-refractivity contribution in [2.45, 2.75) is 6.18 Å². The second-order valence-electron chi connectivity index (χ2n) is 3.22. The fourth-order valence-corrected chi connectivity index (χ4v) is 1.04. The number of anilines is 1. The number of amides is 1. The number of aromatic nitrogens is 2. The quantitative estimate of drug-likeness (QED) is 0.737. The zero-order valence-electron chi connectivity index (χ0n) is 8.83. The number of nitrogens with zero attached hydrogens (tertiary/aromatic N) is 2. The van der Waals surface area contributed by atoms with E-state index in [4.69, 9.17) is 0 Å². The van der Waals surface area contributed by atoms with Crippen LogP contribution in [0.5, 0.6) is 0 Å².